The molecule has 0 amide bonds. The maximum atomic E-state index is 9.33. The van der Waals surface area contributed by atoms with E-state index in [9.17, 15) is 5.26 Å². The molecule has 4 aliphatic heterocycles. The number of rotatable bonds is 3. The van der Waals surface area contributed by atoms with Crippen LogP contribution in [0.15, 0.2) is 0 Å². The van der Waals surface area contributed by atoms with Gasteiger partial charge >= 0.3 is 0 Å². The number of ether oxygens (including phenoxy) is 4. The maximum Gasteiger partial charge on any atom is 0.224 e. The van der Waals surface area contributed by atoms with Gasteiger partial charge in [-0.1, -0.05) is 13.8 Å². The molecule has 6 rings (SSSR count). The first kappa shape index (κ1) is 43.8. The van der Waals surface area contributed by atoms with Gasteiger partial charge in [0, 0.05) is 50.2 Å². The summed E-state index contributed by atoms with van der Waals surface area (Å²) in [5.74, 6) is 2.50. The third-order valence-corrected chi connectivity index (χ3v) is 8.04. The van der Waals surface area contributed by atoms with Crippen molar-refractivity contribution in [1.82, 2.24) is 19.9 Å². The first-order chi connectivity index (χ1) is 21.6. The molecule has 4 aliphatic rings. The van der Waals surface area contributed by atoms with E-state index in [0.29, 0.717) is 74.2 Å². The average molecular weight is 875 g/mol. The van der Waals surface area contributed by atoms with Crippen molar-refractivity contribution < 1.29 is 56.1 Å². The minimum absolute atomic E-state index is 0. The van der Waals surface area contributed by atoms with Crippen molar-refractivity contribution in [2.45, 2.75) is 64.5 Å². The zero-order valence-corrected chi connectivity index (χ0v) is 33.4. The Balaban J connectivity index is 0.000000381. The Labute approximate surface area is 325 Å². The van der Waals surface area contributed by atoms with Gasteiger partial charge in [-0.2, -0.15) is 33.3 Å². The summed E-state index contributed by atoms with van der Waals surface area (Å²) < 4.78 is 24.4. The van der Waals surface area contributed by atoms with Crippen LogP contribution in [0.4, 0.5) is 11.6 Å². The summed E-state index contributed by atoms with van der Waals surface area (Å²) in [6.45, 7) is 16.3. The van der Waals surface area contributed by atoms with Crippen LogP contribution in [0.5, 0.6) is 11.5 Å². The van der Waals surface area contributed by atoms with Crippen LogP contribution < -0.4 is 19.3 Å². The third kappa shape index (κ3) is 11.7. The van der Waals surface area contributed by atoms with Crippen molar-refractivity contribution in [3.63, 3.8) is 0 Å². The third-order valence-electron chi connectivity index (χ3n) is 6.82. The van der Waals surface area contributed by atoms with Gasteiger partial charge in [0.15, 0.2) is 23.1 Å². The van der Waals surface area contributed by atoms with E-state index in [1.54, 1.807) is 13.8 Å². The normalized spacial score (nSPS) is 18.4. The second kappa shape index (κ2) is 21.7. The number of nitrogens with zero attached hydrogens (tertiary/aromatic N) is 8. The summed E-state index contributed by atoms with van der Waals surface area (Å²) in [4.78, 5) is 21.1. The van der Waals surface area contributed by atoms with Crippen LogP contribution in [0.2, 0.25) is 10.6 Å². The Morgan fingerprint density at radius 3 is 1.83 bits per heavy atom. The Kier molecular flexibility index (Phi) is 20.2. The maximum absolute atomic E-state index is 9.33. The molecule has 2 saturated heterocycles. The number of halogens is 3. The number of hydrogen-bond donors (Lipinski definition) is 0. The van der Waals surface area contributed by atoms with Crippen LogP contribution in [0.3, 0.4) is 0 Å². The standard InChI is InChI=1S/C13H15ClN4O2.C11H11ClN4O2.C3H6I.C3H7.2V/c1-13(2,7-15)10-9-11(17-12(14)16-10)18-3-4-19-5-8(18)6-20-9;12-11-14-8(1-2-13)9-10(15-11)16-3-4-17-5-7(16)6-18-9;1-2-3-4;1-3-2;;/h8H,3-6H2,1-2H3;7H,1,3-6H2;3H,2H2,1H3;1,3H2,2H3;;/q;;2*-1;;. The number of hydrogen-bond acceptors (Lipinski definition) is 12. The minimum atomic E-state index is -0.782. The van der Waals surface area contributed by atoms with E-state index < -0.39 is 5.41 Å². The number of anilines is 2. The molecular formula is C30H39Cl2IN8O4V2-2. The van der Waals surface area contributed by atoms with E-state index in [2.05, 4.69) is 82.7 Å². The first-order valence-corrected chi connectivity index (χ1v) is 16.7. The SMILES string of the molecule is CC(C)(C#N)c1nc(Cl)nc2c1OCC1COCCN21.CC[CH-]I.N#CCc1nc(Cl)nc2c1OCC1COCCN21.[CH2-]CC.[V].[V]. The topological polar surface area (TPSA) is 143 Å². The van der Waals surface area contributed by atoms with Crippen molar-refractivity contribution in [3.8, 4) is 23.6 Å². The molecule has 256 valence electrons. The van der Waals surface area contributed by atoms with Gasteiger partial charge in [-0.15, -0.1) is 0 Å². The number of nitriles is 2. The number of morpholine rings is 2. The van der Waals surface area contributed by atoms with Gasteiger partial charge in [-0.25, -0.2) is 9.97 Å². The smallest absolute Gasteiger partial charge is 0.224 e. The van der Waals surface area contributed by atoms with Crippen LogP contribution in [-0.2, 0) is 58.4 Å². The second-order valence-corrected chi connectivity index (χ2v) is 12.2. The Hall–Kier alpha value is -1.26. The number of fused-ring (bicyclic) bond motifs is 6. The second-order valence-electron chi connectivity index (χ2n) is 10.7. The Morgan fingerprint density at radius 2 is 1.36 bits per heavy atom. The molecule has 2 aromatic heterocycles. The molecular weight excluding hydrogens is 836 g/mol. The fourth-order valence-electron chi connectivity index (χ4n) is 4.71. The Bertz CT molecular complexity index is 1370. The molecule has 6 heterocycles. The van der Waals surface area contributed by atoms with E-state index in [-0.39, 0.29) is 66.2 Å². The molecule has 12 nitrogen and oxygen atoms in total. The minimum Gasteiger partial charge on any atom is -0.486 e. The average Bonchev–Trinajstić information content (AvgIpc) is 3.05. The molecule has 17 heteroatoms. The first-order valence-electron chi connectivity index (χ1n) is 14.7. The van der Waals surface area contributed by atoms with Crippen molar-refractivity contribution in [1.29, 1.82) is 10.5 Å². The fourth-order valence-corrected chi connectivity index (χ4v) is 5.06. The summed E-state index contributed by atoms with van der Waals surface area (Å²) >= 11 is 14.2. The van der Waals surface area contributed by atoms with Gasteiger partial charge in [0.25, 0.3) is 0 Å². The van der Waals surface area contributed by atoms with Gasteiger partial charge in [-0.3, -0.25) is 4.43 Å². The van der Waals surface area contributed by atoms with Gasteiger partial charge < -0.3 is 58.3 Å². The molecule has 2 fully saturated rings. The zero-order valence-electron chi connectivity index (χ0n) is 27.0. The molecule has 0 spiro atoms. The zero-order chi connectivity index (χ0) is 33.0. The van der Waals surface area contributed by atoms with Crippen LogP contribution in [0.1, 0.15) is 51.9 Å². The molecule has 2 atom stereocenters. The molecule has 0 aliphatic carbocycles. The van der Waals surface area contributed by atoms with Crippen LogP contribution in [0.25, 0.3) is 0 Å². The van der Waals surface area contributed by atoms with Crippen molar-refractivity contribution >= 4 is 57.4 Å². The molecule has 0 aromatic carbocycles. The van der Waals surface area contributed by atoms with Crippen molar-refractivity contribution in [3.05, 3.63) is 33.3 Å². The molecule has 0 bridgehead atoms. The Morgan fingerprint density at radius 1 is 0.894 bits per heavy atom. The van der Waals surface area contributed by atoms with E-state index in [1.807, 2.05) is 6.92 Å². The van der Waals surface area contributed by atoms with E-state index >= 15 is 0 Å². The van der Waals surface area contributed by atoms with E-state index in [1.165, 1.54) is 6.42 Å². The van der Waals surface area contributed by atoms with E-state index in [4.69, 9.17) is 47.4 Å². The van der Waals surface area contributed by atoms with Crippen LogP contribution in [-0.4, -0.2) is 84.8 Å². The number of aromatic nitrogens is 4. The molecule has 0 saturated carbocycles. The van der Waals surface area contributed by atoms with Gasteiger partial charge in [0.2, 0.25) is 10.6 Å². The predicted molar refractivity (Wildman–Crippen MR) is 181 cm³/mol. The molecule has 2 aromatic rings. The molecule has 2 unspecified atom stereocenters. The van der Waals surface area contributed by atoms with Crippen molar-refractivity contribution in [2.75, 3.05) is 62.5 Å². The van der Waals surface area contributed by atoms with Gasteiger partial charge in [-0.05, 0) is 37.0 Å². The molecule has 0 N–H and O–H groups in total. The quantitative estimate of drug-likeness (QED) is 0.217. The summed E-state index contributed by atoms with van der Waals surface area (Å²) in [6, 6.07) is 4.59. The predicted octanol–water partition coefficient (Wildman–Crippen LogP) is 5.54. The monoisotopic (exact) mass is 874 g/mol. The van der Waals surface area contributed by atoms with Crippen LogP contribution >= 0.6 is 45.8 Å². The van der Waals surface area contributed by atoms with Gasteiger partial charge in [0.1, 0.15) is 24.6 Å². The fraction of sp³-hybridized carbons (Fsp3) is 0.600. The molecule has 47 heavy (non-hydrogen) atoms. The van der Waals surface area contributed by atoms with E-state index in [0.717, 1.165) is 19.5 Å². The molecule has 2 radical (unpaired) electrons. The summed E-state index contributed by atoms with van der Waals surface area (Å²) in [5, 5.41) is 18.4. The van der Waals surface area contributed by atoms with Crippen molar-refractivity contribution in [2.24, 2.45) is 0 Å². The van der Waals surface area contributed by atoms with Gasteiger partial charge in [0.05, 0.1) is 62.5 Å². The summed E-state index contributed by atoms with van der Waals surface area (Å²) in [6.07, 6.45) is 2.35. The van der Waals surface area contributed by atoms with Crippen LogP contribution in [0, 0.1) is 34.0 Å². The summed E-state index contributed by atoms with van der Waals surface area (Å²) in [5.41, 5.74) is 0.313. The largest absolute Gasteiger partial charge is 0.486 e. The summed E-state index contributed by atoms with van der Waals surface area (Å²) in [7, 11) is 0.